The maximum Gasteiger partial charge on any atom is 0.220 e. The van der Waals surface area contributed by atoms with Crippen LogP contribution in [0.25, 0.3) is 0 Å². The lowest BCUT2D eigenvalue weighted by Crippen LogP contribution is -2.31. The molecule has 168 valence electrons. The van der Waals surface area contributed by atoms with Gasteiger partial charge in [-0.25, -0.2) is 16.8 Å². The molecule has 2 aromatic carbocycles. The number of hydrogen-bond donors (Lipinski definition) is 2. The van der Waals surface area contributed by atoms with Gasteiger partial charge in [-0.3, -0.25) is 9.59 Å². The summed E-state index contributed by atoms with van der Waals surface area (Å²) in [4.78, 5) is 24.0. The van der Waals surface area contributed by atoms with Crippen molar-refractivity contribution >= 4 is 31.5 Å². The molecule has 2 rings (SSSR count). The van der Waals surface area contributed by atoms with Crippen LogP contribution in [0.3, 0.4) is 0 Å². The minimum Gasteiger partial charge on any atom is -0.342 e. The van der Waals surface area contributed by atoms with E-state index in [1.165, 1.54) is 24.3 Å². The summed E-state index contributed by atoms with van der Waals surface area (Å²) in [6, 6.07) is 12.6. The summed E-state index contributed by atoms with van der Waals surface area (Å²) in [5, 5.41) is 4.68. The molecule has 0 spiro atoms. The molecule has 0 aliphatic rings. The first-order chi connectivity index (χ1) is 14.5. The molecule has 0 aromatic heterocycles. The van der Waals surface area contributed by atoms with Crippen LogP contribution < -0.4 is 10.6 Å². The second kappa shape index (κ2) is 10.5. The number of hydrogen-bond acceptors (Lipinski definition) is 6. The highest BCUT2D eigenvalue weighted by Crippen LogP contribution is 2.12. The third kappa shape index (κ3) is 7.80. The van der Waals surface area contributed by atoms with Gasteiger partial charge in [0, 0.05) is 12.8 Å². The Kier molecular flexibility index (Phi) is 8.35. The van der Waals surface area contributed by atoms with E-state index in [2.05, 4.69) is 10.6 Å². The smallest absolute Gasteiger partial charge is 0.220 e. The molecule has 0 unspecified atom stereocenters. The van der Waals surface area contributed by atoms with Gasteiger partial charge in [-0.1, -0.05) is 35.4 Å². The van der Waals surface area contributed by atoms with Crippen LogP contribution in [-0.4, -0.2) is 40.4 Å². The first-order valence-corrected chi connectivity index (χ1v) is 12.9. The molecule has 2 N–H and O–H groups in total. The number of aryl methyl sites for hydroxylation is 2. The van der Waals surface area contributed by atoms with Gasteiger partial charge in [-0.05, 0) is 44.5 Å². The van der Waals surface area contributed by atoms with Gasteiger partial charge in [0.2, 0.25) is 11.8 Å². The maximum absolute atomic E-state index is 12.2. The highest BCUT2D eigenvalue weighted by Gasteiger charge is 2.17. The lowest BCUT2D eigenvalue weighted by atomic mass is 10.2. The fourth-order valence-electron chi connectivity index (χ4n) is 2.60. The van der Waals surface area contributed by atoms with Crippen LogP contribution in [-0.2, 0) is 29.3 Å². The Balaban J connectivity index is 1.72. The third-order valence-corrected chi connectivity index (χ3v) is 7.52. The van der Waals surface area contributed by atoms with E-state index < -0.39 is 43.2 Å². The van der Waals surface area contributed by atoms with Crippen LogP contribution in [0.15, 0.2) is 58.3 Å². The Bertz CT molecular complexity index is 1030. The number of carbonyl (C=O) groups is 2. The average Bonchev–Trinajstić information content (AvgIpc) is 2.71. The van der Waals surface area contributed by atoms with E-state index in [1.54, 1.807) is 24.3 Å². The number of carbonyl (C=O) groups excluding carboxylic acids is 2. The first kappa shape index (κ1) is 24.5. The van der Waals surface area contributed by atoms with Gasteiger partial charge in [0.15, 0.2) is 19.7 Å². The van der Waals surface area contributed by atoms with Crippen molar-refractivity contribution in [2.75, 3.05) is 11.8 Å². The molecule has 0 fully saturated rings. The van der Waals surface area contributed by atoms with E-state index >= 15 is 0 Å². The molecule has 0 radical (unpaired) electrons. The van der Waals surface area contributed by atoms with E-state index in [4.69, 9.17) is 0 Å². The van der Waals surface area contributed by atoms with E-state index in [1.807, 2.05) is 13.8 Å². The first-order valence-electron chi connectivity index (χ1n) is 9.62. The zero-order valence-electron chi connectivity index (χ0n) is 17.4. The summed E-state index contributed by atoms with van der Waals surface area (Å²) in [6.07, 6.45) is 0.0515. The Morgan fingerprint density at radius 3 is 1.29 bits per heavy atom. The van der Waals surface area contributed by atoms with Gasteiger partial charge in [-0.2, -0.15) is 0 Å². The molecule has 0 saturated carbocycles. The van der Waals surface area contributed by atoms with Crippen molar-refractivity contribution in [1.82, 2.24) is 10.6 Å². The minimum absolute atomic E-state index is 0.0540. The molecule has 31 heavy (non-hydrogen) atoms. The lowest BCUT2D eigenvalue weighted by Gasteiger charge is -2.08. The molecule has 0 aliphatic heterocycles. The molecule has 8 nitrogen and oxygen atoms in total. The summed E-state index contributed by atoms with van der Waals surface area (Å²) >= 11 is 0. The third-order valence-electron chi connectivity index (χ3n) is 4.49. The standard InChI is InChI=1S/C21H26N2O6S2/c1-16-6-10-18(11-7-16)30(26,27)14-22-20(24)4-3-5-21(25)23-15-31(28,29)19-12-8-17(2)9-13-19/h6-13H,3-5,14-15H2,1-2H3,(H,22,24)(H,23,25). The van der Waals surface area contributed by atoms with Crippen LogP contribution in [0, 0.1) is 13.8 Å². The van der Waals surface area contributed by atoms with E-state index in [0.717, 1.165) is 11.1 Å². The van der Waals surface area contributed by atoms with Gasteiger partial charge >= 0.3 is 0 Å². The van der Waals surface area contributed by atoms with Gasteiger partial charge in [-0.15, -0.1) is 0 Å². The van der Waals surface area contributed by atoms with E-state index in [9.17, 15) is 26.4 Å². The summed E-state index contributed by atoms with van der Waals surface area (Å²) in [5.74, 6) is -2.07. The number of nitrogens with one attached hydrogen (secondary N) is 2. The summed E-state index contributed by atoms with van der Waals surface area (Å²) < 4.78 is 48.8. The molecule has 10 heteroatoms. The van der Waals surface area contributed by atoms with E-state index in [0.29, 0.717) is 0 Å². The second-order valence-corrected chi connectivity index (χ2v) is 11.2. The number of benzene rings is 2. The quantitative estimate of drug-likeness (QED) is 0.550. The summed E-state index contributed by atoms with van der Waals surface area (Å²) in [6.45, 7) is 3.68. The van der Waals surface area contributed by atoms with Crippen LogP contribution >= 0.6 is 0 Å². The van der Waals surface area contributed by atoms with Crippen LogP contribution in [0.5, 0.6) is 0 Å². The van der Waals surface area contributed by atoms with Crippen LogP contribution in [0.4, 0.5) is 0 Å². The molecule has 2 amide bonds. The number of amides is 2. The number of sulfone groups is 2. The Morgan fingerprint density at radius 1 is 0.645 bits per heavy atom. The van der Waals surface area contributed by atoms with Crippen LogP contribution in [0.1, 0.15) is 30.4 Å². The molecular formula is C21H26N2O6S2. The van der Waals surface area contributed by atoms with Crippen molar-refractivity contribution in [2.24, 2.45) is 0 Å². The maximum atomic E-state index is 12.2. The molecule has 0 bridgehead atoms. The minimum atomic E-state index is -3.65. The predicted octanol–water partition coefficient (Wildman–Crippen LogP) is 1.87. The lowest BCUT2D eigenvalue weighted by molar-refractivity contribution is -0.122. The molecule has 0 atom stereocenters. The predicted molar refractivity (Wildman–Crippen MR) is 117 cm³/mol. The molecule has 0 saturated heterocycles. The van der Waals surface area contributed by atoms with Crippen molar-refractivity contribution in [3.8, 4) is 0 Å². The van der Waals surface area contributed by atoms with E-state index in [-0.39, 0.29) is 29.1 Å². The van der Waals surface area contributed by atoms with Crippen molar-refractivity contribution in [1.29, 1.82) is 0 Å². The fraction of sp³-hybridized carbons (Fsp3) is 0.333. The van der Waals surface area contributed by atoms with Gasteiger partial charge in [0.1, 0.15) is 11.8 Å². The summed E-state index contributed by atoms with van der Waals surface area (Å²) in [7, 11) is -7.29. The van der Waals surface area contributed by atoms with Gasteiger partial charge in [0.05, 0.1) is 9.79 Å². The molecule has 0 heterocycles. The SMILES string of the molecule is Cc1ccc(S(=O)(=O)CNC(=O)CCCC(=O)NCS(=O)(=O)c2ccc(C)cc2)cc1. The van der Waals surface area contributed by atoms with Crippen molar-refractivity contribution in [2.45, 2.75) is 42.9 Å². The zero-order valence-corrected chi connectivity index (χ0v) is 19.1. The molecule has 0 aliphatic carbocycles. The molecular weight excluding hydrogens is 440 g/mol. The van der Waals surface area contributed by atoms with Gasteiger partial charge < -0.3 is 10.6 Å². The Hall–Kier alpha value is -2.72. The largest absolute Gasteiger partial charge is 0.342 e. The highest BCUT2D eigenvalue weighted by molar-refractivity contribution is 7.91. The van der Waals surface area contributed by atoms with Gasteiger partial charge in [0.25, 0.3) is 0 Å². The highest BCUT2D eigenvalue weighted by atomic mass is 32.2. The Morgan fingerprint density at radius 2 is 0.968 bits per heavy atom. The van der Waals surface area contributed by atoms with Crippen LogP contribution in [0.2, 0.25) is 0 Å². The average molecular weight is 467 g/mol. The zero-order chi connectivity index (χ0) is 23.1. The Labute approximate surface area is 182 Å². The fourth-order valence-corrected chi connectivity index (χ4v) is 4.73. The normalized spacial score (nSPS) is 11.7. The number of rotatable bonds is 10. The topological polar surface area (TPSA) is 126 Å². The molecule has 2 aromatic rings. The second-order valence-electron chi connectivity index (χ2n) is 7.20. The summed E-state index contributed by atoms with van der Waals surface area (Å²) in [5.41, 5.74) is 1.85. The van der Waals surface area contributed by atoms with Crippen molar-refractivity contribution in [3.05, 3.63) is 59.7 Å². The van der Waals surface area contributed by atoms with Crippen molar-refractivity contribution < 1.29 is 26.4 Å². The monoisotopic (exact) mass is 466 g/mol. The van der Waals surface area contributed by atoms with Crippen molar-refractivity contribution in [3.63, 3.8) is 0 Å².